The number of hydrogen-bond acceptors (Lipinski definition) is 7. The number of hydrogen-bond donors (Lipinski definition) is 0. The molecule has 48 heavy (non-hydrogen) atoms. The first kappa shape index (κ1) is 31.8. The maximum Gasteiger partial charge on any atom is 0.320 e. The first-order chi connectivity index (χ1) is 23.0. The van der Waals surface area contributed by atoms with Gasteiger partial charge in [-0.05, 0) is 48.7 Å². The summed E-state index contributed by atoms with van der Waals surface area (Å²) in [4.78, 5) is 34.7. The fourth-order valence-corrected chi connectivity index (χ4v) is 7.62. The van der Waals surface area contributed by atoms with Crippen LogP contribution in [-0.2, 0) is 4.79 Å². The van der Waals surface area contributed by atoms with E-state index in [0.29, 0.717) is 18.5 Å². The lowest BCUT2D eigenvalue weighted by atomic mass is 9.94. The van der Waals surface area contributed by atoms with Crippen molar-refractivity contribution in [2.45, 2.75) is 43.7 Å². The van der Waals surface area contributed by atoms with Gasteiger partial charge in [-0.1, -0.05) is 43.0 Å². The molecule has 0 radical (unpaired) electrons. The summed E-state index contributed by atoms with van der Waals surface area (Å²) in [7, 11) is 0. The second kappa shape index (κ2) is 12.0. The van der Waals surface area contributed by atoms with E-state index in [-0.39, 0.29) is 74.3 Å². The summed E-state index contributed by atoms with van der Waals surface area (Å²) in [6.45, 7) is 12.9. The Bertz CT molecular complexity index is 1990. The van der Waals surface area contributed by atoms with Crippen LogP contribution >= 0.6 is 0 Å². The topological polar surface area (TPSA) is 79.1 Å². The minimum absolute atomic E-state index is 0.0556. The van der Waals surface area contributed by atoms with Crippen LogP contribution in [0.2, 0.25) is 0 Å². The second-order valence-corrected chi connectivity index (χ2v) is 12.9. The van der Waals surface area contributed by atoms with Gasteiger partial charge < -0.3 is 19.4 Å². The van der Waals surface area contributed by atoms with E-state index < -0.39 is 35.1 Å². The SMILES string of the molecule is [C-]#[N+]C[C@H]1CN(c2nc(OC[C@@]34CCCN3CC(F)(F)C4)nc3nc(-c4cccc5cccc(C)c45)c(F)cc23)CCN1C(=O)C(=C)F. The molecule has 0 N–H and O–H groups in total. The molecule has 3 aliphatic heterocycles. The summed E-state index contributed by atoms with van der Waals surface area (Å²) in [6.07, 6.45) is 0.989. The normalized spacial score (nSPS) is 22.2. The van der Waals surface area contributed by atoms with Gasteiger partial charge in [0.1, 0.15) is 30.0 Å². The number of fused-ring (bicyclic) bond motifs is 3. The van der Waals surface area contributed by atoms with E-state index in [2.05, 4.69) is 21.4 Å². The number of anilines is 1. The van der Waals surface area contributed by atoms with Crippen LogP contribution in [0.3, 0.4) is 0 Å². The third-order valence-corrected chi connectivity index (χ3v) is 9.77. The van der Waals surface area contributed by atoms with Gasteiger partial charge in [-0.15, -0.1) is 0 Å². The molecule has 0 saturated carbocycles. The van der Waals surface area contributed by atoms with Crippen molar-refractivity contribution in [3.05, 3.63) is 77.7 Å². The van der Waals surface area contributed by atoms with E-state index in [0.717, 1.165) is 22.8 Å². The largest absolute Gasteiger partial charge is 0.461 e. The van der Waals surface area contributed by atoms with E-state index in [1.807, 2.05) is 37.3 Å². The van der Waals surface area contributed by atoms with Gasteiger partial charge in [0.15, 0.2) is 11.5 Å². The standard InChI is InChI=1S/C35H33F4N7O2/c1-21-7-4-8-23-9-5-10-25(28(21)23)29-27(37)15-26-30(41-29)42-33(48-20-34-11-6-12-45(34)19-35(38,39)18-34)43-31(26)44-13-14-46(32(47)22(2)36)24(17-44)16-40-3/h4-5,7-10,15,24H,2,6,11-14,16-20H2,1H3/t24-,34-/m0/s1. The Kier molecular flexibility index (Phi) is 7.94. The van der Waals surface area contributed by atoms with Gasteiger partial charge in [-0.3, -0.25) is 9.69 Å². The highest BCUT2D eigenvalue weighted by atomic mass is 19.3. The molecule has 248 valence electrons. The molecule has 2 aromatic carbocycles. The number of carbonyl (C=O) groups excluding carboxylic acids is 1. The number of pyridine rings is 1. The average molecular weight is 660 g/mol. The second-order valence-electron chi connectivity index (χ2n) is 12.9. The highest BCUT2D eigenvalue weighted by molar-refractivity contribution is 5.99. The van der Waals surface area contributed by atoms with Crippen molar-refractivity contribution in [3.8, 4) is 17.3 Å². The van der Waals surface area contributed by atoms with Gasteiger partial charge in [0, 0.05) is 31.6 Å². The molecule has 0 spiro atoms. The van der Waals surface area contributed by atoms with Crippen molar-refractivity contribution < 1.29 is 27.1 Å². The minimum atomic E-state index is -2.83. The fraction of sp³-hybridized carbons (Fsp3) is 0.400. The highest BCUT2D eigenvalue weighted by Gasteiger charge is 2.57. The van der Waals surface area contributed by atoms with Crippen LogP contribution in [-0.4, -0.2) is 94.0 Å². The van der Waals surface area contributed by atoms with E-state index in [1.165, 1.54) is 11.0 Å². The van der Waals surface area contributed by atoms with E-state index in [4.69, 9.17) is 16.3 Å². The molecule has 4 aromatic rings. The van der Waals surface area contributed by atoms with Gasteiger partial charge >= 0.3 is 6.01 Å². The van der Waals surface area contributed by atoms with Gasteiger partial charge in [0.25, 0.3) is 11.8 Å². The van der Waals surface area contributed by atoms with Crippen LogP contribution in [0.15, 0.2) is 54.9 Å². The molecule has 1 amide bonds. The molecule has 5 heterocycles. The third-order valence-electron chi connectivity index (χ3n) is 9.77. The molecule has 9 nitrogen and oxygen atoms in total. The molecule has 7 rings (SSSR count). The van der Waals surface area contributed by atoms with Crippen LogP contribution in [0, 0.1) is 19.3 Å². The van der Waals surface area contributed by atoms with Crippen LogP contribution in [0.4, 0.5) is 23.4 Å². The lowest BCUT2D eigenvalue weighted by Crippen LogP contribution is -2.56. The third kappa shape index (κ3) is 5.57. The summed E-state index contributed by atoms with van der Waals surface area (Å²) in [5.74, 6) is -5.20. The number of benzene rings is 2. The average Bonchev–Trinajstić information content (AvgIpc) is 3.55. The Hall–Kier alpha value is -4.83. The Morgan fingerprint density at radius 2 is 1.94 bits per heavy atom. The summed E-state index contributed by atoms with van der Waals surface area (Å²) in [6, 6.07) is 11.9. The lowest BCUT2D eigenvalue weighted by molar-refractivity contribution is -0.131. The van der Waals surface area contributed by atoms with Crippen LogP contribution in [0.5, 0.6) is 6.01 Å². The number of aromatic nitrogens is 3. The van der Waals surface area contributed by atoms with Gasteiger partial charge in [-0.25, -0.2) is 29.1 Å². The molecular formula is C35H33F4N7O2. The quantitative estimate of drug-likeness (QED) is 0.138. The number of piperazine rings is 1. The van der Waals surface area contributed by atoms with Crippen molar-refractivity contribution in [1.29, 1.82) is 0 Å². The molecule has 2 aromatic heterocycles. The number of amides is 1. The molecule has 3 fully saturated rings. The van der Waals surface area contributed by atoms with Crippen LogP contribution in [0.1, 0.15) is 24.8 Å². The molecule has 0 aliphatic carbocycles. The Morgan fingerprint density at radius 1 is 1.15 bits per heavy atom. The predicted octanol–water partition coefficient (Wildman–Crippen LogP) is 5.96. The Balaban J connectivity index is 1.32. The van der Waals surface area contributed by atoms with Gasteiger partial charge in [0.2, 0.25) is 6.54 Å². The zero-order valence-corrected chi connectivity index (χ0v) is 26.4. The fourth-order valence-electron chi connectivity index (χ4n) is 7.62. The molecule has 0 bridgehead atoms. The summed E-state index contributed by atoms with van der Waals surface area (Å²) in [5, 5.41) is 2.03. The molecule has 13 heteroatoms. The van der Waals surface area contributed by atoms with Crippen LogP contribution in [0.25, 0.3) is 37.9 Å². The van der Waals surface area contributed by atoms with Crippen molar-refractivity contribution >= 4 is 33.5 Å². The molecule has 3 saturated heterocycles. The monoisotopic (exact) mass is 659 g/mol. The zero-order chi connectivity index (χ0) is 33.8. The highest BCUT2D eigenvalue weighted by Crippen LogP contribution is 2.46. The number of alkyl halides is 2. The van der Waals surface area contributed by atoms with Crippen molar-refractivity contribution in [2.24, 2.45) is 0 Å². The number of rotatable bonds is 7. The maximum absolute atomic E-state index is 16.1. The van der Waals surface area contributed by atoms with Crippen molar-refractivity contribution in [2.75, 3.05) is 50.8 Å². The van der Waals surface area contributed by atoms with Crippen molar-refractivity contribution in [3.63, 3.8) is 0 Å². The Labute approximate surface area is 274 Å². The van der Waals surface area contributed by atoms with E-state index in [9.17, 15) is 18.0 Å². The van der Waals surface area contributed by atoms with Gasteiger partial charge in [-0.2, -0.15) is 9.97 Å². The van der Waals surface area contributed by atoms with Crippen LogP contribution < -0.4 is 9.64 Å². The summed E-state index contributed by atoms with van der Waals surface area (Å²) in [5.41, 5.74) is 0.881. The lowest BCUT2D eigenvalue weighted by Gasteiger charge is -2.39. The first-order valence-corrected chi connectivity index (χ1v) is 15.8. The van der Waals surface area contributed by atoms with Gasteiger partial charge in [0.05, 0.1) is 17.5 Å². The van der Waals surface area contributed by atoms with E-state index >= 15 is 4.39 Å². The number of ether oxygens (including phenoxy) is 1. The number of nitrogens with zero attached hydrogens (tertiary/aromatic N) is 7. The molecule has 3 aliphatic rings. The molecule has 0 unspecified atom stereocenters. The number of carbonyl (C=O) groups is 1. The first-order valence-electron chi connectivity index (χ1n) is 15.8. The Morgan fingerprint density at radius 3 is 2.71 bits per heavy atom. The molecular weight excluding hydrogens is 626 g/mol. The molecule has 2 atom stereocenters. The number of halogens is 4. The van der Waals surface area contributed by atoms with Crippen molar-refractivity contribution in [1.82, 2.24) is 24.8 Å². The number of aryl methyl sites for hydroxylation is 1. The minimum Gasteiger partial charge on any atom is -0.461 e. The van der Waals surface area contributed by atoms with E-state index in [1.54, 1.807) is 15.9 Å². The maximum atomic E-state index is 16.1. The zero-order valence-electron chi connectivity index (χ0n) is 26.4. The predicted molar refractivity (Wildman–Crippen MR) is 173 cm³/mol. The smallest absolute Gasteiger partial charge is 0.320 e. The summed E-state index contributed by atoms with van der Waals surface area (Å²) < 4.78 is 65.2. The summed E-state index contributed by atoms with van der Waals surface area (Å²) >= 11 is 0.